The van der Waals surface area contributed by atoms with Gasteiger partial charge in [0.2, 0.25) is 5.91 Å². The molecule has 0 radical (unpaired) electrons. The summed E-state index contributed by atoms with van der Waals surface area (Å²) in [5.41, 5.74) is 1.23. The van der Waals surface area contributed by atoms with Crippen molar-refractivity contribution >= 4 is 17.2 Å². The Morgan fingerprint density at radius 1 is 1.24 bits per heavy atom. The van der Waals surface area contributed by atoms with Crippen molar-refractivity contribution in [2.24, 2.45) is 0 Å². The Labute approximate surface area is 129 Å². The Morgan fingerprint density at radius 2 is 1.90 bits per heavy atom. The van der Waals surface area contributed by atoms with Gasteiger partial charge in [-0.25, -0.2) is 0 Å². The number of hydrogen-bond donors (Lipinski definition) is 2. The van der Waals surface area contributed by atoms with Crippen molar-refractivity contribution in [1.29, 1.82) is 0 Å². The first-order chi connectivity index (χ1) is 10.0. The lowest BCUT2D eigenvalue weighted by molar-refractivity contribution is -0.121. The number of hydrogen-bond acceptors (Lipinski definition) is 3. The number of carbonyl (C=O) groups excluding carboxylic acids is 1. The fraction of sp³-hybridized carbons (Fsp3) is 0.353. The zero-order chi connectivity index (χ0) is 15.3. The Bertz CT molecular complexity index is 573. The molecule has 0 aliphatic rings. The molecular formula is C17H21NO2S. The predicted molar refractivity (Wildman–Crippen MR) is 86.4 cm³/mol. The van der Waals surface area contributed by atoms with Crippen molar-refractivity contribution in [1.82, 2.24) is 5.32 Å². The number of nitrogens with one attached hydrogen (secondary N) is 1. The summed E-state index contributed by atoms with van der Waals surface area (Å²) < 4.78 is 0. The van der Waals surface area contributed by atoms with Crippen LogP contribution in [-0.4, -0.2) is 17.6 Å². The van der Waals surface area contributed by atoms with Gasteiger partial charge in [-0.15, -0.1) is 11.3 Å². The summed E-state index contributed by atoms with van der Waals surface area (Å²) in [6.07, 6.45) is 1.33. The lowest BCUT2D eigenvalue weighted by Crippen LogP contribution is -2.38. The van der Waals surface area contributed by atoms with E-state index in [1.807, 2.05) is 41.8 Å². The summed E-state index contributed by atoms with van der Waals surface area (Å²) in [6.45, 7) is 4.04. The van der Waals surface area contributed by atoms with E-state index in [0.717, 1.165) is 16.9 Å². The molecule has 2 N–H and O–H groups in total. The molecule has 0 aliphatic carbocycles. The fourth-order valence-corrected chi connectivity index (χ4v) is 2.87. The molecule has 0 saturated carbocycles. The molecule has 2 aromatic rings. The number of aryl methyl sites for hydroxylation is 1. The van der Waals surface area contributed by atoms with Gasteiger partial charge in [0.1, 0.15) is 5.60 Å². The Hall–Kier alpha value is -1.65. The molecule has 1 amide bonds. The Balaban J connectivity index is 1.87. The van der Waals surface area contributed by atoms with Gasteiger partial charge in [0.25, 0.3) is 0 Å². The topological polar surface area (TPSA) is 49.3 Å². The van der Waals surface area contributed by atoms with Crippen molar-refractivity contribution in [3.8, 4) is 0 Å². The SMILES string of the molecule is CCc1ccc(CC(=O)NCC(C)(O)c2cccs2)cc1. The summed E-state index contributed by atoms with van der Waals surface area (Å²) in [7, 11) is 0. The van der Waals surface area contributed by atoms with Gasteiger partial charge >= 0.3 is 0 Å². The van der Waals surface area contributed by atoms with Gasteiger partial charge in [-0.3, -0.25) is 4.79 Å². The van der Waals surface area contributed by atoms with Crippen LogP contribution in [0.2, 0.25) is 0 Å². The zero-order valence-electron chi connectivity index (χ0n) is 12.4. The van der Waals surface area contributed by atoms with Crippen LogP contribution >= 0.6 is 11.3 Å². The molecule has 112 valence electrons. The van der Waals surface area contributed by atoms with Crippen LogP contribution in [0.5, 0.6) is 0 Å². The minimum atomic E-state index is -1.02. The number of rotatable bonds is 6. The normalized spacial score (nSPS) is 13.7. The second kappa shape index (κ2) is 6.87. The third-order valence-corrected chi connectivity index (χ3v) is 4.60. The van der Waals surface area contributed by atoms with Crippen LogP contribution < -0.4 is 5.32 Å². The fourth-order valence-electron chi connectivity index (χ4n) is 2.08. The number of benzene rings is 1. The maximum absolute atomic E-state index is 12.0. The van der Waals surface area contributed by atoms with Gasteiger partial charge in [0.15, 0.2) is 0 Å². The molecule has 3 nitrogen and oxygen atoms in total. The first-order valence-corrected chi connectivity index (χ1v) is 8.00. The maximum Gasteiger partial charge on any atom is 0.224 e. The van der Waals surface area contributed by atoms with Gasteiger partial charge in [0, 0.05) is 4.88 Å². The van der Waals surface area contributed by atoms with Gasteiger partial charge in [-0.2, -0.15) is 0 Å². The van der Waals surface area contributed by atoms with Gasteiger partial charge in [-0.1, -0.05) is 37.3 Å². The summed E-state index contributed by atoms with van der Waals surface area (Å²) >= 11 is 1.49. The first kappa shape index (κ1) is 15.7. The van der Waals surface area contributed by atoms with Crippen molar-refractivity contribution in [3.05, 3.63) is 57.8 Å². The molecular weight excluding hydrogens is 282 g/mol. The number of carbonyl (C=O) groups is 1. The monoisotopic (exact) mass is 303 g/mol. The highest BCUT2D eigenvalue weighted by Crippen LogP contribution is 2.24. The molecule has 0 spiro atoms. The van der Waals surface area contributed by atoms with Crippen LogP contribution in [0.1, 0.15) is 29.9 Å². The van der Waals surface area contributed by atoms with Crippen molar-refractivity contribution in [2.75, 3.05) is 6.54 Å². The number of amides is 1. The predicted octanol–water partition coefficient (Wildman–Crippen LogP) is 2.88. The number of aliphatic hydroxyl groups is 1. The highest BCUT2D eigenvalue weighted by Gasteiger charge is 2.24. The largest absolute Gasteiger partial charge is 0.383 e. The molecule has 4 heteroatoms. The van der Waals surface area contributed by atoms with E-state index in [2.05, 4.69) is 12.2 Å². The third kappa shape index (κ3) is 4.41. The van der Waals surface area contributed by atoms with Crippen LogP contribution in [-0.2, 0) is 23.2 Å². The van der Waals surface area contributed by atoms with E-state index in [9.17, 15) is 9.90 Å². The molecule has 0 aliphatic heterocycles. The lowest BCUT2D eigenvalue weighted by atomic mass is 10.0. The summed E-state index contributed by atoms with van der Waals surface area (Å²) in [4.78, 5) is 12.8. The van der Waals surface area contributed by atoms with Crippen LogP contribution in [0.15, 0.2) is 41.8 Å². The standard InChI is InChI=1S/C17H21NO2S/c1-3-13-6-8-14(9-7-13)11-16(19)18-12-17(2,20)15-5-4-10-21-15/h4-10,20H,3,11-12H2,1-2H3,(H,18,19). The van der Waals surface area contributed by atoms with E-state index >= 15 is 0 Å². The molecule has 0 fully saturated rings. The van der Waals surface area contributed by atoms with Crippen molar-refractivity contribution in [3.63, 3.8) is 0 Å². The van der Waals surface area contributed by atoms with Crippen LogP contribution in [0.3, 0.4) is 0 Å². The lowest BCUT2D eigenvalue weighted by Gasteiger charge is -2.22. The second-order valence-electron chi connectivity index (χ2n) is 5.37. The molecule has 0 bridgehead atoms. The third-order valence-electron chi connectivity index (χ3n) is 3.48. The smallest absolute Gasteiger partial charge is 0.224 e. The van der Waals surface area contributed by atoms with E-state index in [4.69, 9.17) is 0 Å². The molecule has 1 unspecified atom stereocenters. The molecule has 1 atom stereocenters. The van der Waals surface area contributed by atoms with E-state index in [0.29, 0.717) is 6.42 Å². The van der Waals surface area contributed by atoms with Crippen molar-refractivity contribution in [2.45, 2.75) is 32.3 Å². The molecule has 21 heavy (non-hydrogen) atoms. The van der Waals surface area contributed by atoms with E-state index < -0.39 is 5.60 Å². The second-order valence-corrected chi connectivity index (χ2v) is 6.32. The minimum Gasteiger partial charge on any atom is -0.383 e. The zero-order valence-corrected chi connectivity index (χ0v) is 13.2. The minimum absolute atomic E-state index is 0.0731. The van der Waals surface area contributed by atoms with E-state index in [1.165, 1.54) is 16.9 Å². The average molecular weight is 303 g/mol. The molecule has 2 rings (SSSR count). The summed E-state index contributed by atoms with van der Waals surface area (Å²) in [5, 5.41) is 15.1. The van der Waals surface area contributed by atoms with Crippen LogP contribution in [0, 0.1) is 0 Å². The Morgan fingerprint density at radius 3 is 2.48 bits per heavy atom. The van der Waals surface area contributed by atoms with Crippen LogP contribution in [0.25, 0.3) is 0 Å². The highest BCUT2D eigenvalue weighted by molar-refractivity contribution is 7.10. The average Bonchev–Trinajstić information content (AvgIpc) is 3.01. The van der Waals surface area contributed by atoms with Gasteiger partial charge in [-0.05, 0) is 35.9 Å². The molecule has 0 saturated heterocycles. The molecule has 1 heterocycles. The van der Waals surface area contributed by atoms with Gasteiger partial charge < -0.3 is 10.4 Å². The van der Waals surface area contributed by atoms with E-state index in [-0.39, 0.29) is 12.5 Å². The van der Waals surface area contributed by atoms with Crippen molar-refractivity contribution < 1.29 is 9.90 Å². The maximum atomic E-state index is 12.0. The van der Waals surface area contributed by atoms with E-state index in [1.54, 1.807) is 6.92 Å². The van der Waals surface area contributed by atoms with Gasteiger partial charge in [0.05, 0.1) is 13.0 Å². The number of thiophene rings is 1. The quantitative estimate of drug-likeness (QED) is 0.862. The first-order valence-electron chi connectivity index (χ1n) is 7.12. The highest BCUT2D eigenvalue weighted by atomic mass is 32.1. The molecule has 1 aromatic carbocycles. The summed E-state index contributed by atoms with van der Waals surface area (Å²) in [5.74, 6) is -0.0731. The molecule has 1 aromatic heterocycles. The van der Waals surface area contributed by atoms with Crippen LogP contribution in [0.4, 0.5) is 0 Å². The Kier molecular flexibility index (Phi) is 5.15. The summed E-state index contributed by atoms with van der Waals surface area (Å²) in [6, 6.07) is 11.8.